The van der Waals surface area contributed by atoms with E-state index >= 15 is 0 Å². The molecule has 1 fully saturated rings. The fourth-order valence-electron chi connectivity index (χ4n) is 1.70. The van der Waals surface area contributed by atoms with Gasteiger partial charge < -0.3 is 14.7 Å². The second-order valence-corrected chi connectivity index (χ2v) is 5.56. The molecule has 1 aliphatic rings. The van der Waals surface area contributed by atoms with Crippen molar-refractivity contribution in [3.05, 3.63) is 0 Å². The molecule has 1 rings (SSSR count). The Bertz CT molecular complexity index is 287. The number of likely N-dealkylation sites (tertiary alicyclic amines) is 1. The summed E-state index contributed by atoms with van der Waals surface area (Å²) in [4.78, 5) is 23.7. The highest BCUT2D eigenvalue weighted by Crippen LogP contribution is 2.20. The van der Waals surface area contributed by atoms with Crippen LogP contribution < -0.4 is 0 Å². The van der Waals surface area contributed by atoms with Crippen molar-refractivity contribution < 1.29 is 19.4 Å². The number of ether oxygens (including phenoxy) is 1. The van der Waals surface area contributed by atoms with E-state index in [4.69, 9.17) is 9.84 Å². The molecule has 0 aromatic rings. The van der Waals surface area contributed by atoms with Gasteiger partial charge in [-0.2, -0.15) is 0 Å². The molecule has 5 nitrogen and oxygen atoms in total. The largest absolute Gasteiger partial charge is 0.465 e. The van der Waals surface area contributed by atoms with E-state index in [-0.39, 0.29) is 11.9 Å². The highest BCUT2D eigenvalue weighted by molar-refractivity contribution is 5.75. The zero-order chi connectivity index (χ0) is 13.1. The Morgan fingerprint density at radius 2 is 1.82 bits per heavy atom. The molecule has 1 saturated heterocycles. The van der Waals surface area contributed by atoms with Crippen molar-refractivity contribution in [1.82, 2.24) is 4.90 Å². The topological polar surface area (TPSA) is 66.8 Å². The molecule has 5 heteroatoms. The minimum Gasteiger partial charge on any atom is -0.465 e. The van der Waals surface area contributed by atoms with Crippen LogP contribution in [-0.2, 0) is 9.53 Å². The highest BCUT2D eigenvalue weighted by Gasteiger charge is 2.26. The van der Waals surface area contributed by atoms with Gasteiger partial charge >= 0.3 is 12.1 Å². The molecule has 0 saturated carbocycles. The summed E-state index contributed by atoms with van der Waals surface area (Å²) in [5.74, 6) is 0.0927. The lowest BCUT2D eigenvalue weighted by atomic mass is 9.96. The summed E-state index contributed by atoms with van der Waals surface area (Å²) < 4.78 is 5.24. The molecule has 0 aliphatic carbocycles. The molecule has 0 unspecified atom stereocenters. The molecule has 1 heterocycles. The third kappa shape index (κ3) is 4.24. The Morgan fingerprint density at radius 3 is 2.24 bits per heavy atom. The van der Waals surface area contributed by atoms with Crippen molar-refractivity contribution in [1.29, 1.82) is 0 Å². The van der Waals surface area contributed by atoms with Gasteiger partial charge in [-0.3, -0.25) is 4.79 Å². The third-order valence-electron chi connectivity index (χ3n) is 2.95. The van der Waals surface area contributed by atoms with Crippen molar-refractivity contribution in [2.24, 2.45) is 11.3 Å². The van der Waals surface area contributed by atoms with E-state index < -0.39 is 11.5 Å². The van der Waals surface area contributed by atoms with Crippen LogP contribution in [0.5, 0.6) is 0 Å². The molecule has 1 amide bonds. The number of hydrogen-bond donors (Lipinski definition) is 1. The molecule has 0 aromatic heterocycles. The van der Waals surface area contributed by atoms with E-state index in [0.29, 0.717) is 19.7 Å². The standard InChI is InChI=1S/C12H21NO4/c1-12(2,3)10(14)17-8-9-4-6-13(7-5-9)11(15)16/h9H,4-8H2,1-3H3,(H,15,16). The maximum atomic E-state index is 11.6. The molecule has 1 aliphatic heterocycles. The molecule has 0 bridgehead atoms. The zero-order valence-corrected chi connectivity index (χ0v) is 10.7. The van der Waals surface area contributed by atoms with Gasteiger partial charge in [0.2, 0.25) is 0 Å². The van der Waals surface area contributed by atoms with Crippen molar-refractivity contribution in [2.45, 2.75) is 33.6 Å². The van der Waals surface area contributed by atoms with Gasteiger partial charge in [0.05, 0.1) is 12.0 Å². The van der Waals surface area contributed by atoms with Crippen LogP contribution in [0, 0.1) is 11.3 Å². The van der Waals surface area contributed by atoms with E-state index in [0.717, 1.165) is 12.8 Å². The quantitative estimate of drug-likeness (QED) is 0.753. The van der Waals surface area contributed by atoms with E-state index in [1.807, 2.05) is 20.8 Å². The third-order valence-corrected chi connectivity index (χ3v) is 2.95. The van der Waals surface area contributed by atoms with Gasteiger partial charge in [-0.15, -0.1) is 0 Å². The van der Waals surface area contributed by atoms with E-state index in [1.54, 1.807) is 0 Å². The Labute approximate surface area is 102 Å². The second-order valence-electron chi connectivity index (χ2n) is 5.56. The van der Waals surface area contributed by atoms with Gasteiger partial charge in [-0.1, -0.05) is 0 Å². The van der Waals surface area contributed by atoms with Crippen molar-refractivity contribution in [2.75, 3.05) is 19.7 Å². The number of piperidine rings is 1. The van der Waals surface area contributed by atoms with Gasteiger partial charge in [0, 0.05) is 13.1 Å². The number of carboxylic acid groups (broad SMARTS) is 1. The maximum Gasteiger partial charge on any atom is 0.407 e. The van der Waals surface area contributed by atoms with Crippen molar-refractivity contribution >= 4 is 12.1 Å². The van der Waals surface area contributed by atoms with Crippen molar-refractivity contribution in [3.63, 3.8) is 0 Å². The van der Waals surface area contributed by atoms with Crippen LogP contribution in [0.15, 0.2) is 0 Å². The van der Waals surface area contributed by atoms with E-state index in [9.17, 15) is 9.59 Å². The molecule has 1 N–H and O–H groups in total. The molecule has 17 heavy (non-hydrogen) atoms. The number of hydrogen-bond acceptors (Lipinski definition) is 3. The Balaban J connectivity index is 2.28. The first-order chi connectivity index (χ1) is 7.80. The van der Waals surface area contributed by atoms with Crippen LogP contribution >= 0.6 is 0 Å². The number of nitrogens with zero attached hydrogens (tertiary/aromatic N) is 1. The fraction of sp³-hybridized carbons (Fsp3) is 0.833. The highest BCUT2D eigenvalue weighted by atomic mass is 16.5. The Kier molecular flexibility index (Phi) is 4.37. The van der Waals surface area contributed by atoms with Crippen LogP contribution in [0.1, 0.15) is 33.6 Å². The van der Waals surface area contributed by atoms with Crippen LogP contribution in [0.3, 0.4) is 0 Å². The fourth-order valence-corrected chi connectivity index (χ4v) is 1.70. The van der Waals surface area contributed by atoms with E-state index in [1.165, 1.54) is 4.90 Å². The van der Waals surface area contributed by atoms with Gasteiger partial charge in [0.1, 0.15) is 0 Å². The second kappa shape index (κ2) is 5.38. The summed E-state index contributed by atoms with van der Waals surface area (Å²) in [6, 6.07) is 0. The normalized spacial score (nSPS) is 17.9. The number of esters is 1. The summed E-state index contributed by atoms with van der Waals surface area (Å²) in [6.45, 7) is 6.94. The van der Waals surface area contributed by atoms with Crippen LogP contribution in [0.4, 0.5) is 4.79 Å². The molecular weight excluding hydrogens is 222 g/mol. The summed E-state index contributed by atoms with van der Waals surface area (Å²) in [5, 5.41) is 8.79. The molecule has 0 radical (unpaired) electrons. The Morgan fingerprint density at radius 1 is 1.29 bits per heavy atom. The van der Waals surface area contributed by atoms with Crippen molar-refractivity contribution in [3.8, 4) is 0 Å². The van der Waals surface area contributed by atoms with E-state index in [2.05, 4.69) is 0 Å². The zero-order valence-electron chi connectivity index (χ0n) is 10.7. The average Bonchev–Trinajstić information content (AvgIpc) is 2.25. The first kappa shape index (κ1) is 13.8. The minimum atomic E-state index is -0.866. The molecular formula is C12H21NO4. The first-order valence-corrected chi connectivity index (χ1v) is 5.96. The van der Waals surface area contributed by atoms with Gasteiger partial charge in [0.15, 0.2) is 0 Å². The number of amides is 1. The summed E-state index contributed by atoms with van der Waals surface area (Å²) in [5.41, 5.74) is -0.470. The summed E-state index contributed by atoms with van der Waals surface area (Å²) in [6.07, 6.45) is 0.670. The van der Waals surface area contributed by atoms with Gasteiger partial charge in [-0.25, -0.2) is 4.79 Å². The van der Waals surface area contributed by atoms with Gasteiger partial charge in [-0.05, 0) is 39.5 Å². The number of rotatable bonds is 2. The lowest BCUT2D eigenvalue weighted by molar-refractivity contribution is -0.154. The maximum absolute atomic E-state index is 11.6. The smallest absolute Gasteiger partial charge is 0.407 e. The number of carbonyl (C=O) groups excluding carboxylic acids is 1. The minimum absolute atomic E-state index is 0.196. The molecule has 0 atom stereocenters. The summed E-state index contributed by atoms with van der Waals surface area (Å²) >= 11 is 0. The predicted octanol–water partition coefficient (Wildman–Crippen LogP) is 1.97. The van der Waals surface area contributed by atoms with Crippen LogP contribution in [-0.4, -0.2) is 41.8 Å². The monoisotopic (exact) mass is 243 g/mol. The molecule has 0 aromatic carbocycles. The van der Waals surface area contributed by atoms with Gasteiger partial charge in [0.25, 0.3) is 0 Å². The van der Waals surface area contributed by atoms with Crippen LogP contribution in [0.25, 0.3) is 0 Å². The first-order valence-electron chi connectivity index (χ1n) is 5.96. The summed E-state index contributed by atoms with van der Waals surface area (Å²) in [7, 11) is 0. The predicted molar refractivity (Wildman–Crippen MR) is 62.7 cm³/mol. The van der Waals surface area contributed by atoms with Crippen LogP contribution in [0.2, 0.25) is 0 Å². The average molecular weight is 243 g/mol. The number of carbonyl (C=O) groups is 2. The lowest BCUT2D eigenvalue weighted by Gasteiger charge is -2.30. The molecule has 98 valence electrons. The Hall–Kier alpha value is -1.26. The lowest BCUT2D eigenvalue weighted by Crippen LogP contribution is -2.39. The molecule has 0 spiro atoms. The SMILES string of the molecule is CC(C)(C)C(=O)OCC1CCN(C(=O)O)CC1.